The Labute approximate surface area is 147 Å². The lowest BCUT2D eigenvalue weighted by atomic mass is 10.1. The number of nitrogens with one attached hydrogen (secondary N) is 2. The summed E-state index contributed by atoms with van der Waals surface area (Å²) in [6.07, 6.45) is 7.27. The predicted octanol–water partition coefficient (Wildman–Crippen LogP) is 4.07. The molecular weight excluding hydrogens is 328 g/mol. The molecule has 1 unspecified atom stereocenters. The maximum absolute atomic E-state index is 12.4. The van der Waals surface area contributed by atoms with E-state index in [2.05, 4.69) is 41.6 Å². The van der Waals surface area contributed by atoms with Crippen LogP contribution in [0.25, 0.3) is 0 Å². The highest BCUT2D eigenvalue weighted by Gasteiger charge is 2.21. The topological polar surface area (TPSA) is 66.9 Å². The fourth-order valence-corrected chi connectivity index (χ4v) is 4.69. The van der Waals surface area contributed by atoms with Gasteiger partial charge in [-0.3, -0.25) is 4.79 Å². The van der Waals surface area contributed by atoms with E-state index in [1.54, 1.807) is 0 Å². The molecule has 0 bridgehead atoms. The number of carbonyl (C=O) groups is 1. The van der Waals surface area contributed by atoms with E-state index in [4.69, 9.17) is 0 Å². The standard InChI is InChI=1S/C16H28N4OS2/c1-11(13(21)17-12-9-7-5-6-8-10-12)22-15-20-19-14(23-15)18-16(2,3)4/h11-12H,5-10H2,1-4H3,(H,17,21)(H,18,19). The molecule has 0 aliphatic heterocycles. The van der Waals surface area contributed by atoms with Crippen molar-refractivity contribution >= 4 is 34.1 Å². The smallest absolute Gasteiger partial charge is 0.233 e. The maximum atomic E-state index is 12.4. The van der Waals surface area contributed by atoms with Crippen LogP contribution in [0.4, 0.5) is 5.13 Å². The number of hydrogen-bond acceptors (Lipinski definition) is 6. The molecule has 23 heavy (non-hydrogen) atoms. The van der Waals surface area contributed by atoms with Gasteiger partial charge in [0, 0.05) is 11.6 Å². The number of nitrogens with zero attached hydrogens (tertiary/aromatic N) is 2. The summed E-state index contributed by atoms with van der Waals surface area (Å²) in [7, 11) is 0. The van der Waals surface area contributed by atoms with E-state index in [0.29, 0.717) is 6.04 Å². The Morgan fingerprint density at radius 2 is 1.87 bits per heavy atom. The summed E-state index contributed by atoms with van der Waals surface area (Å²) < 4.78 is 0.834. The molecule has 7 heteroatoms. The van der Waals surface area contributed by atoms with Crippen LogP contribution in [0.15, 0.2) is 4.34 Å². The van der Waals surface area contributed by atoms with Crippen LogP contribution in [0.5, 0.6) is 0 Å². The molecule has 1 saturated carbocycles. The molecule has 1 heterocycles. The number of anilines is 1. The Hall–Kier alpha value is -0.820. The fraction of sp³-hybridized carbons (Fsp3) is 0.812. The van der Waals surface area contributed by atoms with Gasteiger partial charge >= 0.3 is 0 Å². The highest BCUT2D eigenvalue weighted by atomic mass is 32.2. The molecule has 2 N–H and O–H groups in total. The van der Waals surface area contributed by atoms with Crippen LogP contribution in [0.2, 0.25) is 0 Å². The van der Waals surface area contributed by atoms with Gasteiger partial charge in [0.2, 0.25) is 11.0 Å². The largest absolute Gasteiger partial charge is 0.355 e. The van der Waals surface area contributed by atoms with Crippen molar-refractivity contribution in [1.29, 1.82) is 0 Å². The van der Waals surface area contributed by atoms with Gasteiger partial charge in [0.15, 0.2) is 4.34 Å². The van der Waals surface area contributed by atoms with Gasteiger partial charge in [-0.1, -0.05) is 48.8 Å². The number of hydrogen-bond donors (Lipinski definition) is 2. The van der Waals surface area contributed by atoms with E-state index in [9.17, 15) is 4.79 Å². The average molecular weight is 357 g/mol. The van der Waals surface area contributed by atoms with Crippen molar-refractivity contribution in [3.63, 3.8) is 0 Å². The molecule has 1 fully saturated rings. The van der Waals surface area contributed by atoms with Crippen molar-refractivity contribution in [3.05, 3.63) is 0 Å². The minimum atomic E-state index is -0.145. The Morgan fingerprint density at radius 3 is 2.48 bits per heavy atom. The van der Waals surface area contributed by atoms with E-state index in [1.165, 1.54) is 48.8 Å². The van der Waals surface area contributed by atoms with Crippen LogP contribution in [-0.4, -0.2) is 32.9 Å². The Morgan fingerprint density at radius 1 is 1.22 bits per heavy atom. The third kappa shape index (κ3) is 6.67. The molecule has 0 aromatic carbocycles. The monoisotopic (exact) mass is 356 g/mol. The molecule has 1 aliphatic carbocycles. The van der Waals surface area contributed by atoms with Crippen LogP contribution in [-0.2, 0) is 4.79 Å². The number of amides is 1. The highest BCUT2D eigenvalue weighted by molar-refractivity contribution is 8.02. The third-order valence-electron chi connectivity index (χ3n) is 3.74. The first kappa shape index (κ1) is 18.5. The Bertz CT molecular complexity index is 504. The number of rotatable bonds is 5. The van der Waals surface area contributed by atoms with E-state index in [1.807, 2.05) is 6.92 Å². The maximum Gasteiger partial charge on any atom is 0.233 e. The van der Waals surface area contributed by atoms with Crippen LogP contribution in [0.3, 0.4) is 0 Å². The van der Waals surface area contributed by atoms with Crippen LogP contribution >= 0.6 is 23.1 Å². The lowest BCUT2D eigenvalue weighted by Crippen LogP contribution is -2.39. The molecule has 0 spiro atoms. The molecule has 130 valence electrons. The van der Waals surface area contributed by atoms with E-state index < -0.39 is 0 Å². The molecule has 1 aromatic heterocycles. The van der Waals surface area contributed by atoms with Gasteiger partial charge in [0.1, 0.15) is 0 Å². The first-order valence-corrected chi connectivity index (χ1v) is 10.1. The number of aromatic nitrogens is 2. The van der Waals surface area contributed by atoms with Gasteiger partial charge in [-0.15, -0.1) is 10.2 Å². The van der Waals surface area contributed by atoms with E-state index in [0.717, 1.165) is 22.3 Å². The van der Waals surface area contributed by atoms with Gasteiger partial charge in [0.05, 0.1) is 5.25 Å². The van der Waals surface area contributed by atoms with E-state index in [-0.39, 0.29) is 16.7 Å². The SMILES string of the molecule is CC(Sc1nnc(NC(C)(C)C)s1)C(=O)NC1CCCCCC1. The molecule has 1 aliphatic rings. The Balaban J connectivity index is 1.83. The van der Waals surface area contributed by atoms with Crippen LogP contribution < -0.4 is 10.6 Å². The van der Waals surface area contributed by atoms with Crippen molar-refractivity contribution in [2.24, 2.45) is 0 Å². The lowest BCUT2D eigenvalue weighted by Gasteiger charge is -2.19. The second-order valence-electron chi connectivity index (χ2n) is 7.21. The normalized spacial score (nSPS) is 18.3. The van der Waals surface area contributed by atoms with Gasteiger partial charge in [-0.2, -0.15) is 0 Å². The minimum absolute atomic E-state index is 0.0377. The first-order chi connectivity index (χ1) is 10.8. The summed E-state index contributed by atoms with van der Waals surface area (Å²) >= 11 is 2.99. The highest BCUT2D eigenvalue weighted by Crippen LogP contribution is 2.30. The quantitative estimate of drug-likeness (QED) is 0.615. The van der Waals surface area contributed by atoms with Gasteiger partial charge in [-0.05, 0) is 40.5 Å². The second kappa shape index (κ2) is 8.33. The molecule has 2 rings (SSSR count). The van der Waals surface area contributed by atoms with Crippen molar-refractivity contribution in [2.45, 2.75) is 87.4 Å². The van der Waals surface area contributed by atoms with Gasteiger partial charge in [0.25, 0.3) is 0 Å². The van der Waals surface area contributed by atoms with E-state index >= 15 is 0 Å². The molecule has 1 atom stereocenters. The predicted molar refractivity (Wildman–Crippen MR) is 98.2 cm³/mol. The molecule has 0 saturated heterocycles. The zero-order chi connectivity index (χ0) is 16.9. The van der Waals surface area contributed by atoms with Crippen molar-refractivity contribution in [2.75, 3.05) is 5.32 Å². The number of carbonyl (C=O) groups excluding carboxylic acids is 1. The summed E-state index contributed by atoms with van der Waals surface area (Å²) in [5.41, 5.74) is -0.0377. The van der Waals surface area contributed by atoms with Crippen molar-refractivity contribution < 1.29 is 4.79 Å². The molecule has 0 radical (unpaired) electrons. The summed E-state index contributed by atoms with van der Waals surface area (Å²) in [6, 6.07) is 0.348. The molecule has 1 amide bonds. The summed E-state index contributed by atoms with van der Waals surface area (Å²) in [5, 5.41) is 15.5. The molecule has 1 aromatic rings. The third-order valence-corrected chi connectivity index (χ3v) is 5.76. The van der Waals surface area contributed by atoms with Gasteiger partial charge in [-0.25, -0.2) is 0 Å². The lowest BCUT2D eigenvalue weighted by molar-refractivity contribution is -0.121. The zero-order valence-electron chi connectivity index (χ0n) is 14.5. The first-order valence-electron chi connectivity index (χ1n) is 8.42. The second-order valence-corrected chi connectivity index (χ2v) is 9.77. The Kier molecular flexibility index (Phi) is 6.71. The van der Waals surface area contributed by atoms with Crippen LogP contribution in [0.1, 0.15) is 66.2 Å². The molecular formula is C16H28N4OS2. The van der Waals surface area contributed by atoms with Gasteiger partial charge < -0.3 is 10.6 Å². The summed E-state index contributed by atoms with van der Waals surface area (Å²) in [5.74, 6) is 0.113. The summed E-state index contributed by atoms with van der Waals surface area (Å²) in [4.78, 5) is 12.4. The molecule has 5 nitrogen and oxygen atoms in total. The summed E-state index contributed by atoms with van der Waals surface area (Å²) in [6.45, 7) is 8.20. The van der Waals surface area contributed by atoms with Crippen LogP contribution in [0, 0.1) is 0 Å². The average Bonchev–Trinajstić information content (AvgIpc) is 2.71. The van der Waals surface area contributed by atoms with Crippen molar-refractivity contribution in [3.8, 4) is 0 Å². The fourth-order valence-electron chi connectivity index (χ4n) is 2.58. The number of thioether (sulfide) groups is 1. The zero-order valence-corrected chi connectivity index (χ0v) is 16.1. The van der Waals surface area contributed by atoms with Crippen molar-refractivity contribution in [1.82, 2.24) is 15.5 Å². The minimum Gasteiger partial charge on any atom is -0.355 e.